The molecule has 2 N–H and O–H groups in total. The quantitative estimate of drug-likeness (QED) is 0.273. The van der Waals surface area contributed by atoms with Crippen LogP contribution in [0.4, 0.5) is 0 Å². The highest BCUT2D eigenvalue weighted by atomic mass is 35.5. The number of benzene rings is 3. The predicted molar refractivity (Wildman–Crippen MR) is 129 cm³/mol. The average molecular weight is 479 g/mol. The van der Waals surface area contributed by atoms with E-state index >= 15 is 0 Å². The SMILES string of the molecule is C=CCc1c(O)c(C(=O)c2ccccc2)cc(Cl)c1COc1ccc(C(=O)CCC(=O)O)cc1. The first kappa shape index (κ1) is 24.7. The fraction of sp³-hybridized carbons (Fsp3) is 0.148. The number of carboxylic acid groups (broad SMARTS) is 1. The van der Waals surface area contributed by atoms with E-state index in [-0.39, 0.29) is 53.8 Å². The maximum Gasteiger partial charge on any atom is 0.303 e. The molecule has 0 amide bonds. The smallest absolute Gasteiger partial charge is 0.303 e. The van der Waals surface area contributed by atoms with Gasteiger partial charge >= 0.3 is 5.97 Å². The zero-order valence-corrected chi connectivity index (χ0v) is 19.0. The normalized spacial score (nSPS) is 10.5. The van der Waals surface area contributed by atoms with Crippen LogP contribution in [0.1, 0.15) is 50.2 Å². The van der Waals surface area contributed by atoms with Crippen LogP contribution in [0.15, 0.2) is 73.3 Å². The molecule has 0 heterocycles. The molecule has 0 atom stereocenters. The first-order chi connectivity index (χ1) is 16.3. The second kappa shape index (κ2) is 11.3. The number of rotatable bonds is 11. The minimum absolute atomic E-state index is 0.0156. The van der Waals surface area contributed by atoms with E-state index in [1.54, 1.807) is 60.7 Å². The van der Waals surface area contributed by atoms with Crippen LogP contribution in [0.5, 0.6) is 11.5 Å². The molecule has 0 aliphatic carbocycles. The summed E-state index contributed by atoms with van der Waals surface area (Å²) in [6.07, 6.45) is 1.57. The molecule has 3 rings (SSSR count). The third-order valence-corrected chi connectivity index (χ3v) is 5.56. The van der Waals surface area contributed by atoms with Gasteiger partial charge in [0.1, 0.15) is 18.1 Å². The molecule has 0 aliphatic heterocycles. The molecule has 0 aliphatic rings. The van der Waals surface area contributed by atoms with Gasteiger partial charge in [-0.1, -0.05) is 48.0 Å². The number of carbonyl (C=O) groups is 3. The van der Waals surface area contributed by atoms with Crippen LogP contribution in [0.3, 0.4) is 0 Å². The Labute approximate surface area is 202 Å². The molecule has 3 aromatic rings. The lowest BCUT2D eigenvalue weighted by Crippen LogP contribution is -2.08. The number of allylic oxidation sites excluding steroid dienone is 1. The summed E-state index contributed by atoms with van der Waals surface area (Å²) in [6, 6.07) is 16.4. The number of aromatic hydroxyl groups is 1. The van der Waals surface area contributed by atoms with E-state index in [2.05, 4.69) is 6.58 Å². The standard InChI is InChI=1S/C27H23ClO6/c1-2-6-20-22(16-34-19-11-9-17(10-12-19)24(29)13-14-25(30)31)23(28)15-21(27(20)33)26(32)18-7-4-3-5-8-18/h2-5,7-12,15,33H,1,6,13-14,16H2,(H,30,31). The fourth-order valence-electron chi connectivity index (χ4n) is 3.43. The molecule has 0 saturated heterocycles. The number of phenolic OH excluding ortho intramolecular Hbond substituents is 1. The van der Waals surface area contributed by atoms with Crippen molar-refractivity contribution in [1.82, 2.24) is 0 Å². The van der Waals surface area contributed by atoms with E-state index < -0.39 is 5.97 Å². The molecular weight excluding hydrogens is 456 g/mol. The lowest BCUT2D eigenvalue weighted by atomic mass is 9.95. The minimum Gasteiger partial charge on any atom is -0.507 e. The zero-order valence-electron chi connectivity index (χ0n) is 18.3. The molecule has 0 spiro atoms. The van der Waals surface area contributed by atoms with Gasteiger partial charge in [0.2, 0.25) is 0 Å². The highest BCUT2D eigenvalue weighted by molar-refractivity contribution is 6.32. The second-order valence-electron chi connectivity index (χ2n) is 7.53. The Kier molecular flexibility index (Phi) is 8.22. The van der Waals surface area contributed by atoms with Crippen molar-refractivity contribution in [1.29, 1.82) is 0 Å². The highest BCUT2D eigenvalue weighted by Crippen LogP contribution is 2.35. The van der Waals surface area contributed by atoms with E-state index in [4.69, 9.17) is 21.4 Å². The number of phenols is 1. The monoisotopic (exact) mass is 478 g/mol. The summed E-state index contributed by atoms with van der Waals surface area (Å²) in [4.78, 5) is 35.6. The van der Waals surface area contributed by atoms with Crippen LogP contribution in [-0.2, 0) is 17.8 Å². The van der Waals surface area contributed by atoms with Gasteiger partial charge in [-0.3, -0.25) is 14.4 Å². The van der Waals surface area contributed by atoms with Gasteiger partial charge in [-0.05, 0) is 36.8 Å². The first-order valence-electron chi connectivity index (χ1n) is 10.5. The number of aliphatic carboxylic acids is 1. The number of ketones is 2. The van der Waals surface area contributed by atoms with Crippen molar-refractivity contribution in [2.45, 2.75) is 25.9 Å². The lowest BCUT2D eigenvalue weighted by molar-refractivity contribution is -0.136. The maximum absolute atomic E-state index is 12.9. The van der Waals surface area contributed by atoms with Gasteiger partial charge in [0.15, 0.2) is 11.6 Å². The second-order valence-corrected chi connectivity index (χ2v) is 7.94. The Hall–Kier alpha value is -3.90. The Morgan fingerprint density at radius 1 is 0.941 bits per heavy atom. The molecule has 0 fully saturated rings. The molecule has 3 aromatic carbocycles. The number of ether oxygens (including phenoxy) is 1. The Morgan fingerprint density at radius 2 is 1.62 bits per heavy atom. The van der Waals surface area contributed by atoms with Crippen molar-refractivity contribution in [3.63, 3.8) is 0 Å². The summed E-state index contributed by atoms with van der Waals surface area (Å²) in [6.45, 7) is 3.74. The minimum atomic E-state index is -1.03. The lowest BCUT2D eigenvalue weighted by Gasteiger charge is -2.16. The van der Waals surface area contributed by atoms with Crippen molar-refractivity contribution in [2.75, 3.05) is 0 Å². The molecular formula is C27H23ClO6. The fourth-order valence-corrected chi connectivity index (χ4v) is 3.71. The number of carboxylic acids is 1. The van der Waals surface area contributed by atoms with Crippen LogP contribution in [0.25, 0.3) is 0 Å². The van der Waals surface area contributed by atoms with Gasteiger partial charge in [0, 0.05) is 33.7 Å². The van der Waals surface area contributed by atoms with Crippen LogP contribution >= 0.6 is 11.6 Å². The van der Waals surface area contributed by atoms with Crippen LogP contribution in [0.2, 0.25) is 5.02 Å². The third-order valence-electron chi connectivity index (χ3n) is 5.22. The summed E-state index contributed by atoms with van der Waals surface area (Å²) in [5.41, 5.74) is 1.88. The van der Waals surface area contributed by atoms with Crippen molar-refractivity contribution >= 4 is 29.1 Å². The Balaban J connectivity index is 1.81. The molecule has 0 radical (unpaired) electrons. The zero-order chi connectivity index (χ0) is 24.7. The first-order valence-corrected chi connectivity index (χ1v) is 10.9. The van der Waals surface area contributed by atoms with Gasteiger partial charge in [0.05, 0.1) is 12.0 Å². The largest absolute Gasteiger partial charge is 0.507 e. The molecule has 34 heavy (non-hydrogen) atoms. The predicted octanol–water partition coefficient (Wildman–Crippen LogP) is 5.63. The summed E-state index contributed by atoms with van der Waals surface area (Å²) in [5.74, 6) is -1.36. The number of Topliss-reactive ketones (excluding diaryl/α,β-unsaturated/α-hetero) is 1. The van der Waals surface area contributed by atoms with E-state index in [9.17, 15) is 19.5 Å². The van der Waals surface area contributed by atoms with Crippen molar-refractivity contribution < 1.29 is 29.3 Å². The number of halogens is 1. The van der Waals surface area contributed by atoms with Crippen molar-refractivity contribution in [2.24, 2.45) is 0 Å². The van der Waals surface area contributed by atoms with Gasteiger partial charge in [-0.15, -0.1) is 6.58 Å². The topological polar surface area (TPSA) is 101 Å². The van der Waals surface area contributed by atoms with E-state index in [0.717, 1.165) is 0 Å². The number of hydrogen-bond acceptors (Lipinski definition) is 5. The van der Waals surface area contributed by atoms with Crippen molar-refractivity contribution in [3.8, 4) is 11.5 Å². The number of hydrogen-bond donors (Lipinski definition) is 2. The van der Waals surface area contributed by atoms with E-state index in [0.29, 0.717) is 28.0 Å². The van der Waals surface area contributed by atoms with Crippen LogP contribution in [0, 0.1) is 0 Å². The van der Waals surface area contributed by atoms with Crippen LogP contribution in [-0.4, -0.2) is 27.7 Å². The molecule has 0 saturated carbocycles. The summed E-state index contributed by atoms with van der Waals surface area (Å²) in [7, 11) is 0. The van der Waals surface area contributed by atoms with Gasteiger partial charge in [-0.2, -0.15) is 0 Å². The molecule has 174 valence electrons. The summed E-state index contributed by atoms with van der Waals surface area (Å²) >= 11 is 6.50. The maximum atomic E-state index is 12.9. The summed E-state index contributed by atoms with van der Waals surface area (Å²) < 4.78 is 5.81. The van der Waals surface area contributed by atoms with Crippen molar-refractivity contribution in [3.05, 3.63) is 106 Å². The molecule has 7 heteroatoms. The summed E-state index contributed by atoms with van der Waals surface area (Å²) in [5, 5.41) is 19.9. The van der Waals surface area contributed by atoms with Gasteiger partial charge in [-0.25, -0.2) is 0 Å². The number of carbonyl (C=O) groups excluding carboxylic acids is 2. The van der Waals surface area contributed by atoms with Crippen LogP contribution < -0.4 is 4.74 Å². The molecule has 0 bridgehead atoms. The highest BCUT2D eigenvalue weighted by Gasteiger charge is 2.22. The van der Waals surface area contributed by atoms with Gasteiger partial charge < -0.3 is 14.9 Å². The average Bonchev–Trinajstić information content (AvgIpc) is 2.84. The molecule has 0 aromatic heterocycles. The van der Waals surface area contributed by atoms with E-state index in [1.807, 2.05) is 0 Å². The Morgan fingerprint density at radius 3 is 2.24 bits per heavy atom. The molecule has 0 unspecified atom stereocenters. The van der Waals surface area contributed by atoms with E-state index in [1.165, 1.54) is 6.07 Å². The molecule has 6 nitrogen and oxygen atoms in total. The van der Waals surface area contributed by atoms with Gasteiger partial charge in [0.25, 0.3) is 0 Å². The Bertz CT molecular complexity index is 1220. The third kappa shape index (κ3) is 5.91.